The second kappa shape index (κ2) is 4.23. The average Bonchev–Trinajstić information content (AvgIpc) is 2.81. The Morgan fingerprint density at radius 2 is 1.80 bits per heavy atom. The van der Waals surface area contributed by atoms with Crippen LogP contribution in [0.3, 0.4) is 0 Å². The molecule has 0 saturated carbocycles. The third-order valence-corrected chi connectivity index (χ3v) is 4.00. The first kappa shape index (κ1) is 11.8. The van der Waals surface area contributed by atoms with Crippen LogP contribution in [-0.2, 0) is 0 Å². The molecule has 0 fully saturated rings. The van der Waals surface area contributed by atoms with Crippen molar-refractivity contribution in [2.24, 2.45) is 0 Å². The van der Waals surface area contributed by atoms with Crippen molar-refractivity contribution in [3.63, 3.8) is 0 Å². The van der Waals surface area contributed by atoms with E-state index in [1.54, 1.807) is 6.08 Å². The highest BCUT2D eigenvalue weighted by molar-refractivity contribution is 6.51. The van der Waals surface area contributed by atoms with E-state index in [-0.39, 0.29) is 12.0 Å². The van der Waals surface area contributed by atoms with E-state index < -0.39 is 7.12 Å². The van der Waals surface area contributed by atoms with Crippen molar-refractivity contribution in [3.8, 4) is 5.75 Å². The molecule has 4 heteroatoms. The molecule has 4 rings (SSSR count). The number of ether oxygens (including phenoxy) is 1. The summed E-state index contributed by atoms with van der Waals surface area (Å²) in [7, 11) is -1.43. The van der Waals surface area contributed by atoms with Crippen molar-refractivity contribution in [3.05, 3.63) is 65.7 Å². The van der Waals surface area contributed by atoms with Crippen LogP contribution in [0.2, 0.25) is 0 Å². The molecule has 0 spiro atoms. The highest BCUT2D eigenvalue weighted by Crippen LogP contribution is 2.43. The Kier molecular flexibility index (Phi) is 2.49. The third kappa shape index (κ3) is 1.69. The van der Waals surface area contributed by atoms with Crippen LogP contribution < -0.4 is 4.74 Å². The highest BCUT2D eigenvalue weighted by Gasteiger charge is 2.34. The maximum absolute atomic E-state index is 9.31. The van der Waals surface area contributed by atoms with Gasteiger partial charge in [-0.3, -0.25) is 0 Å². The summed E-state index contributed by atoms with van der Waals surface area (Å²) in [6.07, 6.45) is 5.45. The molecule has 2 atom stereocenters. The van der Waals surface area contributed by atoms with Gasteiger partial charge in [0, 0.05) is 11.5 Å². The lowest BCUT2D eigenvalue weighted by Gasteiger charge is -2.18. The minimum atomic E-state index is -1.43. The lowest BCUT2D eigenvalue weighted by atomic mass is 9.73. The molecule has 0 aromatic heterocycles. The van der Waals surface area contributed by atoms with Gasteiger partial charge in [0.15, 0.2) is 0 Å². The SMILES string of the molecule is OB(O)C1=CC2c3cc4ccccc4cc3OC2C=C1. The first-order chi connectivity index (χ1) is 9.72. The van der Waals surface area contributed by atoms with Crippen molar-refractivity contribution < 1.29 is 14.8 Å². The number of fused-ring (bicyclic) bond motifs is 4. The predicted octanol–water partition coefficient (Wildman–Crippen LogP) is 2.19. The number of benzene rings is 2. The zero-order valence-corrected chi connectivity index (χ0v) is 10.7. The molecule has 0 bridgehead atoms. The van der Waals surface area contributed by atoms with E-state index in [1.807, 2.05) is 24.3 Å². The topological polar surface area (TPSA) is 49.7 Å². The van der Waals surface area contributed by atoms with Crippen LogP contribution in [0.15, 0.2) is 60.1 Å². The van der Waals surface area contributed by atoms with Crippen LogP contribution in [0, 0.1) is 0 Å². The molecule has 2 unspecified atom stereocenters. The largest absolute Gasteiger partial charge is 0.488 e. The van der Waals surface area contributed by atoms with Crippen LogP contribution in [0.4, 0.5) is 0 Å². The summed E-state index contributed by atoms with van der Waals surface area (Å²) < 4.78 is 5.95. The highest BCUT2D eigenvalue weighted by atomic mass is 16.5. The van der Waals surface area contributed by atoms with Crippen LogP contribution >= 0.6 is 0 Å². The van der Waals surface area contributed by atoms with E-state index in [9.17, 15) is 10.0 Å². The van der Waals surface area contributed by atoms with Gasteiger partial charge in [-0.05, 0) is 34.5 Å². The summed E-state index contributed by atoms with van der Waals surface area (Å²) >= 11 is 0. The van der Waals surface area contributed by atoms with Gasteiger partial charge >= 0.3 is 7.12 Å². The van der Waals surface area contributed by atoms with Crippen LogP contribution in [-0.4, -0.2) is 23.3 Å². The fraction of sp³-hybridized carbons (Fsp3) is 0.125. The van der Waals surface area contributed by atoms with Gasteiger partial charge < -0.3 is 14.8 Å². The molecule has 1 aliphatic carbocycles. The van der Waals surface area contributed by atoms with Gasteiger partial charge in [0.2, 0.25) is 0 Å². The minimum Gasteiger partial charge on any atom is -0.485 e. The molecule has 98 valence electrons. The Labute approximate surface area is 117 Å². The van der Waals surface area contributed by atoms with E-state index in [0.717, 1.165) is 16.7 Å². The molecule has 2 aromatic carbocycles. The lowest BCUT2D eigenvalue weighted by Crippen LogP contribution is -2.22. The van der Waals surface area contributed by atoms with Crippen molar-refractivity contribution in [2.75, 3.05) is 0 Å². The third-order valence-electron chi connectivity index (χ3n) is 4.00. The second-order valence-electron chi connectivity index (χ2n) is 5.24. The van der Waals surface area contributed by atoms with Crippen molar-refractivity contribution in [1.82, 2.24) is 0 Å². The van der Waals surface area contributed by atoms with Gasteiger partial charge in [-0.1, -0.05) is 36.4 Å². The summed E-state index contributed by atoms with van der Waals surface area (Å²) in [6.45, 7) is 0. The monoisotopic (exact) mass is 264 g/mol. The Balaban J connectivity index is 1.86. The fourth-order valence-electron chi connectivity index (χ4n) is 2.98. The van der Waals surface area contributed by atoms with Crippen molar-refractivity contribution in [2.45, 2.75) is 12.0 Å². The maximum atomic E-state index is 9.31. The van der Waals surface area contributed by atoms with Gasteiger partial charge in [-0.2, -0.15) is 0 Å². The zero-order valence-electron chi connectivity index (χ0n) is 10.7. The molecule has 0 radical (unpaired) electrons. The first-order valence-electron chi connectivity index (χ1n) is 6.68. The summed E-state index contributed by atoms with van der Waals surface area (Å²) in [6, 6.07) is 12.4. The molecule has 20 heavy (non-hydrogen) atoms. The zero-order chi connectivity index (χ0) is 13.7. The summed E-state index contributed by atoms with van der Waals surface area (Å²) in [5.41, 5.74) is 1.63. The summed E-state index contributed by atoms with van der Waals surface area (Å²) in [4.78, 5) is 0. The van der Waals surface area contributed by atoms with Crippen LogP contribution in [0.25, 0.3) is 10.8 Å². The van der Waals surface area contributed by atoms with E-state index >= 15 is 0 Å². The number of hydrogen-bond acceptors (Lipinski definition) is 3. The Hall–Kier alpha value is -2.04. The van der Waals surface area contributed by atoms with Gasteiger partial charge in [0.05, 0.1) is 0 Å². The van der Waals surface area contributed by atoms with Gasteiger partial charge in [-0.25, -0.2) is 0 Å². The molecule has 1 aliphatic heterocycles. The molecule has 0 amide bonds. The predicted molar refractivity (Wildman–Crippen MR) is 78.5 cm³/mol. The standard InChI is InChI=1S/C16H13BO3/c18-17(19)12-5-6-15-14(9-12)13-7-10-3-1-2-4-11(10)8-16(13)20-15/h1-9,14-15,18-19H. The molecular formula is C16H13BO3. The summed E-state index contributed by atoms with van der Waals surface area (Å²) in [5, 5.41) is 20.9. The van der Waals surface area contributed by atoms with Gasteiger partial charge in [-0.15, -0.1) is 0 Å². The summed E-state index contributed by atoms with van der Waals surface area (Å²) in [5.74, 6) is 0.935. The molecule has 2 N–H and O–H groups in total. The number of rotatable bonds is 1. The quantitative estimate of drug-likeness (QED) is 0.776. The number of hydrogen-bond donors (Lipinski definition) is 2. The lowest BCUT2D eigenvalue weighted by molar-refractivity contribution is 0.268. The molecule has 0 saturated heterocycles. The molecule has 1 heterocycles. The normalized spacial score (nSPS) is 23.0. The van der Waals surface area contributed by atoms with E-state index in [2.05, 4.69) is 24.3 Å². The molecular weight excluding hydrogens is 251 g/mol. The Morgan fingerprint density at radius 1 is 1.05 bits per heavy atom. The van der Waals surface area contributed by atoms with Crippen molar-refractivity contribution in [1.29, 1.82) is 0 Å². The van der Waals surface area contributed by atoms with Crippen molar-refractivity contribution >= 4 is 17.9 Å². The second-order valence-corrected chi connectivity index (χ2v) is 5.24. The molecule has 3 nitrogen and oxygen atoms in total. The van der Waals surface area contributed by atoms with Crippen LogP contribution in [0.5, 0.6) is 5.75 Å². The van der Waals surface area contributed by atoms with E-state index in [0.29, 0.717) is 5.47 Å². The molecule has 2 aromatic rings. The Bertz CT molecular complexity index is 748. The molecule has 2 aliphatic rings. The number of allylic oxidation sites excluding steroid dienone is 2. The van der Waals surface area contributed by atoms with E-state index in [1.165, 1.54) is 5.39 Å². The maximum Gasteiger partial charge on any atom is 0.488 e. The smallest absolute Gasteiger partial charge is 0.485 e. The van der Waals surface area contributed by atoms with Crippen LogP contribution in [0.1, 0.15) is 11.5 Å². The fourth-order valence-corrected chi connectivity index (χ4v) is 2.98. The minimum absolute atomic E-state index is 0.0516. The van der Waals surface area contributed by atoms with Gasteiger partial charge in [0.1, 0.15) is 11.9 Å². The Morgan fingerprint density at radius 3 is 2.55 bits per heavy atom. The first-order valence-corrected chi connectivity index (χ1v) is 6.68. The van der Waals surface area contributed by atoms with Gasteiger partial charge in [0.25, 0.3) is 0 Å². The van der Waals surface area contributed by atoms with E-state index in [4.69, 9.17) is 4.74 Å². The average molecular weight is 264 g/mol.